The zero-order valence-corrected chi connectivity index (χ0v) is 16.3. The lowest BCUT2D eigenvalue weighted by atomic mass is 9.79. The van der Waals surface area contributed by atoms with Gasteiger partial charge in [-0.2, -0.15) is 0 Å². The van der Waals surface area contributed by atoms with Gasteiger partial charge in [-0.3, -0.25) is 9.59 Å². The third-order valence-electron chi connectivity index (χ3n) is 4.91. The smallest absolute Gasteiger partial charge is 0.238 e. The van der Waals surface area contributed by atoms with Crippen molar-refractivity contribution in [3.63, 3.8) is 0 Å². The number of piperidine rings is 1. The molecule has 0 bridgehead atoms. The van der Waals surface area contributed by atoms with E-state index in [2.05, 4.69) is 16.0 Å². The van der Waals surface area contributed by atoms with Crippen molar-refractivity contribution in [2.45, 2.75) is 29.4 Å². The number of thioether (sulfide) groups is 1. The Bertz CT molecular complexity index is 674. The first-order valence-electron chi connectivity index (χ1n) is 8.75. The molecular formula is C18H24ClN3O3S. The molecule has 142 valence electrons. The molecule has 8 heteroatoms. The third kappa shape index (κ3) is 4.71. The van der Waals surface area contributed by atoms with E-state index < -0.39 is 5.25 Å². The van der Waals surface area contributed by atoms with Crippen molar-refractivity contribution in [2.75, 3.05) is 38.7 Å². The van der Waals surface area contributed by atoms with Crippen LogP contribution in [0.3, 0.4) is 0 Å². The van der Waals surface area contributed by atoms with Crippen LogP contribution in [-0.2, 0) is 14.3 Å². The first-order chi connectivity index (χ1) is 12.5. The largest absolute Gasteiger partial charge is 0.384 e. The zero-order chi connectivity index (χ0) is 18.6. The molecule has 1 saturated heterocycles. The Balaban J connectivity index is 1.56. The van der Waals surface area contributed by atoms with Crippen molar-refractivity contribution < 1.29 is 14.3 Å². The molecule has 0 aliphatic carbocycles. The maximum atomic E-state index is 12.4. The van der Waals surface area contributed by atoms with Gasteiger partial charge >= 0.3 is 0 Å². The van der Waals surface area contributed by atoms with Gasteiger partial charge in [-0.25, -0.2) is 0 Å². The van der Waals surface area contributed by atoms with Crippen LogP contribution in [0, 0.1) is 5.41 Å². The van der Waals surface area contributed by atoms with Crippen LogP contribution < -0.4 is 16.0 Å². The molecule has 0 radical (unpaired) electrons. The molecule has 3 rings (SSSR count). The van der Waals surface area contributed by atoms with Gasteiger partial charge in [-0.1, -0.05) is 11.6 Å². The van der Waals surface area contributed by atoms with Crippen LogP contribution in [0.25, 0.3) is 0 Å². The number of nitrogens with one attached hydrogen (secondary N) is 3. The van der Waals surface area contributed by atoms with Crippen LogP contribution in [0.1, 0.15) is 19.3 Å². The highest BCUT2D eigenvalue weighted by atomic mass is 35.5. The average molecular weight is 398 g/mol. The minimum Gasteiger partial charge on any atom is -0.384 e. The lowest BCUT2D eigenvalue weighted by Crippen LogP contribution is -2.47. The molecule has 2 amide bonds. The highest BCUT2D eigenvalue weighted by Gasteiger charge is 2.34. The van der Waals surface area contributed by atoms with Gasteiger partial charge in [0.05, 0.1) is 17.5 Å². The molecule has 2 heterocycles. The number of amides is 2. The van der Waals surface area contributed by atoms with E-state index in [1.807, 2.05) is 6.07 Å². The average Bonchev–Trinajstić information content (AvgIpc) is 2.62. The molecule has 2 aliphatic rings. The SMILES string of the molecule is COCC1(CNC(=O)CC2Sc3ccc(Cl)cc3NC2=O)CCNCC1. The molecule has 6 nitrogen and oxygen atoms in total. The van der Waals surface area contributed by atoms with E-state index >= 15 is 0 Å². The molecule has 2 aliphatic heterocycles. The summed E-state index contributed by atoms with van der Waals surface area (Å²) in [5.41, 5.74) is 0.680. The maximum Gasteiger partial charge on any atom is 0.238 e. The number of halogens is 1. The number of rotatable bonds is 6. The minimum atomic E-state index is -0.435. The van der Waals surface area contributed by atoms with Crippen molar-refractivity contribution in [1.29, 1.82) is 0 Å². The van der Waals surface area contributed by atoms with Crippen molar-refractivity contribution in [2.24, 2.45) is 5.41 Å². The number of hydrogen-bond acceptors (Lipinski definition) is 5. The molecule has 0 spiro atoms. The summed E-state index contributed by atoms with van der Waals surface area (Å²) in [6.07, 6.45) is 2.09. The number of carbonyl (C=O) groups is 2. The first-order valence-corrected chi connectivity index (χ1v) is 10.0. The summed E-state index contributed by atoms with van der Waals surface area (Å²) < 4.78 is 5.37. The van der Waals surface area contributed by atoms with Crippen molar-refractivity contribution in [3.05, 3.63) is 23.2 Å². The third-order valence-corrected chi connectivity index (χ3v) is 6.42. The topological polar surface area (TPSA) is 79.5 Å². The highest BCUT2D eigenvalue weighted by Crippen LogP contribution is 2.38. The number of anilines is 1. The Morgan fingerprint density at radius 3 is 2.92 bits per heavy atom. The molecule has 1 aromatic rings. The normalized spacial score (nSPS) is 21.6. The van der Waals surface area contributed by atoms with Gasteiger partial charge in [0, 0.05) is 35.4 Å². The number of fused-ring (bicyclic) bond motifs is 1. The molecule has 1 aromatic carbocycles. The second-order valence-corrected chi connectivity index (χ2v) is 8.58. The van der Waals surface area contributed by atoms with E-state index in [0.717, 1.165) is 30.8 Å². The summed E-state index contributed by atoms with van der Waals surface area (Å²) in [5, 5.41) is 9.33. The lowest BCUT2D eigenvalue weighted by Gasteiger charge is -2.37. The lowest BCUT2D eigenvalue weighted by molar-refractivity contribution is -0.124. The van der Waals surface area contributed by atoms with Crippen LogP contribution in [-0.4, -0.2) is 50.4 Å². The van der Waals surface area contributed by atoms with E-state index in [1.54, 1.807) is 19.2 Å². The second kappa shape index (κ2) is 8.61. The second-order valence-electron chi connectivity index (χ2n) is 6.90. The molecular weight excluding hydrogens is 374 g/mol. The van der Waals surface area contributed by atoms with Crippen molar-refractivity contribution >= 4 is 40.9 Å². The summed E-state index contributed by atoms with van der Waals surface area (Å²) in [5.74, 6) is -0.266. The first kappa shape index (κ1) is 19.5. The summed E-state index contributed by atoms with van der Waals surface area (Å²) >= 11 is 7.37. The van der Waals surface area contributed by atoms with E-state index in [4.69, 9.17) is 16.3 Å². The summed E-state index contributed by atoms with van der Waals surface area (Å²) in [6, 6.07) is 5.38. The Morgan fingerprint density at radius 1 is 1.42 bits per heavy atom. The molecule has 0 aromatic heterocycles. The van der Waals surface area contributed by atoms with Crippen molar-refractivity contribution in [1.82, 2.24) is 10.6 Å². The summed E-state index contributed by atoms with van der Waals surface area (Å²) in [6.45, 7) is 3.06. The minimum absolute atomic E-state index is 0.0268. The van der Waals surface area contributed by atoms with Crippen LogP contribution in [0.15, 0.2) is 23.1 Å². The highest BCUT2D eigenvalue weighted by molar-refractivity contribution is 8.01. The van der Waals surface area contributed by atoms with Gasteiger partial charge in [-0.05, 0) is 44.1 Å². The predicted molar refractivity (Wildman–Crippen MR) is 104 cm³/mol. The Hall–Kier alpha value is -1.28. The van der Waals surface area contributed by atoms with Crippen molar-refractivity contribution in [3.8, 4) is 0 Å². The van der Waals surface area contributed by atoms with E-state index in [0.29, 0.717) is 23.9 Å². The Morgan fingerprint density at radius 2 is 2.19 bits per heavy atom. The van der Waals surface area contributed by atoms with Crippen LogP contribution in [0.2, 0.25) is 5.02 Å². The predicted octanol–water partition coefficient (Wildman–Crippen LogP) is 2.28. The van der Waals surface area contributed by atoms with Gasteiger partial charge in [-0.15, -0.1) is 11.8 Å². The van der Waals surface area contributed by atoms with Gasteiger partial charge in [0.15, 0.2) is 0 Å². The number of methoxy groups -OCH3 is 1. The molecule has 26 heavy (non-hydrogen) atoms. The molecule has 1 unspecified atom stereocenters. The molecule has 1 fully saturated rings. The standard InChI is InChI=1S/C18H24ClN3O3S/c1-25-11-18(4-6-20-7-5-18)10-21-16(23)9-15-17(24)22-13-8-12(19)2-3-14(13)26-15/h2-3,8,15,20H,4-7,9-11H2,1H3,(H,21,23)(H,22,24). The van der Waals surface area contributed by atoms with Gasteiger partial charge in [0.2, 0.25) is 11.8 Å². The van der Waals surface area contributed by atoms with Gasteiger partial charge < -0.3 is 20.7 Å². The maximum absolute atomic E-state index is 12.4. The number of hydrogen-bond donors (Lipinski definition) is 3. The van der Waals surface area contributed by atoms with E-state index in [-0.39, 0.29) is 23.7 Å². The summed E-state index contributed by atoms with van der Waals surface area (Å²) in [4.78, 5) is 25.7. The van der Waals surface area contributed by atoms with E-state index in [9.17, 15) is 9.59 Å². The number of benzene rings is 1. The van der Waals surface area contributed by atoms with Crippen LogP contribution in [0.4, 0.5) is 5.69 Å². The fraction of sp³-hybridized carbons (Fsp3) is 0.556. The van der Waals surface area contributed by atoms with Gasteiger partial charge in [0.25, 0.3) is 0 Å². The Kier molecular flexibility index (Phi) is 6.45. The fourth-order valence-corrected chi connectivity index (χ4v) is 4.68. The molecule has 3 N–H and O–H groups in total. The fourth-order valence-electron chi connectivity index (χ4n) is 3.42. The summed E-state index contributed by atoms with van der Waals surface area (Å²) in [7, 11) is 1.69. The number of carbonyl (C=O) groups excluding carboxylic acids is 2. The number of ether oxygens (including phenoxy) is 1. The van der Waals surface area contributed by atoms with Crippen LogP contribution >= 0.6 is 23.4 Å². The van der Waals surface area contributed by atoms with Crippen LogP contribution in [0.5, 0.6) is 0 Å². The zero-order valence-electron chi connectivity index (χ0n) is 14.8. The monoisotopic (exact) mass is 397 g/mol. The van der Waals surface area contributed by atoms with Gasteiger partial charge in [0.1, 0.15) is 0 Å². The molecule has 1 atom stereocenters. The Labute approximate surface area is 162 Å². The molecule has 0 saturated carbocycles. The quantitative estimate of drug-likeness (QED) is 0.686. The van der Waals surface area contributed by atoms with E-state index in [1.165, 1.54) is 11.8 Å².